The molecule has 0 radical (unpaired) electrons. The quantitative estimate of drug-likeness (QED) is 0.844. The number of rotatable bonds is 6. The molecule has 104 valence electrons. The molecule has 0 aliphatic rings. The van der Waals surface area contributed by atoms with Crippen LogP contribution in [0.3, 0.4) is 0 Å². The van der Waals surface area contributed by atoms with Crippen molar-refractivity contribution in [2.24, 2.45) is 5.73 Å². The minimum absolute atomic E-state index is 0.388. The summed E-state index contributed by atoms with van der Waals surface area (Å²) in [6, 6.07) is 15.8. The van der Waals surface area contributed by atoms with Gasteiger partial charge in [-0.3, -0.25) is 4.79 Å². The Bertz CT molecular complexity index is 576. The second-order valence-corrected chi connectivity index (χ2v) is 4.82. The van der Waals surface area contributed by atoms with Crippen molar-refractivity contribution >= 4 is 11.6 Å². The van der Waals surface area contributed by atoms with Crippen molar-refractivity contribution in [1.82, 2.24) is 0 Å². The number of anilines is 1. The molecular weight excluding hydrogens is 248 g/mol. The molecule has 3 N–H and O–H groups in total. The van der Waals surface area contributed by atoms with Crippen molar-refractivity contribution in [3.63, 3.8) is 0 Å². The zero-order valence-electron chi connectivity index (χ0n) is 11.7. The SMILES string of the molecule is CCCc1ccc(NCc2ccccc2C(N)=O)cc1. The van der Waals surface area contributed by atoms with Gasteiger partial charge in [-0.05, 0) is 35.7 Å². The molecule has 1 amide bonds. The highest BCUT2D eigenvalue weighted by Gasteiger charge is 2.06. The Morgan fingerprint density at radius 1 is 1.10 bits per heavy atom. The van der Waals surface area contributed by atoms with E-state index in [1.54, 1.807) is 6.07 Å². The smallest absolute Gasteiger partial charge is 0.249 e. The molecule has 0 saturated carbocycles. The summed E-state index contributed by atoms with van der Waals surface area (Å²) in [4.78, 5) is 11.3. The molecule has 0 heterocycles. The fourth-order valence-electron chi connectivity index (χ4n) is 2.19. The summed E-state index contributed by atoms with van der Waals surface area (Å²) in [6.07, 6.45) is 2.25. The number of hydrogen-bond donors (Lipinski definition) is 2. The van der Waals surface area contributed by atoms with E-state index in [0.29, 0.717) is 12.1 Å². The summed E-state index contributed by atoms with van der Waals surface area (Å²) in [5.74, 6) is -0.388. The lowest BCUT2D eigenvalue weighted by atomic mass is 10.1. The lowest BCUT2D eigenvalue weighted by Gasteiger charge is -2.10. The standard InChI is InChI=1S/C17H20N2O/c1-2-5-13-8-10-15(11-9-13)19-12-14-6-3-4-7-16(14)17(18)20/h3-4,6-11,19H,2,5,12H2,1H3,(H2,18,20). The topological polar surface area (TPSA) is 55.1 Å². The van der Waals surface area contributed by atoms with Crippen LogP contribution >= 0.6 is 0 Å². The van der Waals surface area contributed by atoms with Crippen LogP contribution in [0.5, 0.6) is 0 Å². The highest BCUT2D eigenvalue weighted by molar-refractivity contribution is 5.94. The van der Waals surface area contributed by atoms with Gasteiger partial charge < -0.3 is 11.1 Å². The van der Waals surface area contributed by atoms with E-state index in [1.807, 2.05) is 18.2 Å². The van der Waals surface area contributed by atoms with E-state index in [0.717, 1.165) is 24.1 Å². The zero-order chi connectivity index (χ0) is 14.4. The number of primary amides is 1. The summed E-state index contributed by atoms with van der Waals surface area (Å²) in [6.45, 7) is 2.76. The van der Waals surface area contributed by atoms with Crippen LogP contribution in [0.1, 0.15) is 34.8 Å². The number of carbonyl (C=O) groups excluding carboxylic acids is 1. The monoisotopic (exact) mass is 268 g/mol. The minimum atomic E-state index is -0.388. The molecule has 0 aliphatic carbocycles. The molecule has 0 atom stereocenters. The van der Waals surface area contributed by atoms with Crippen molar-refractivity contribution in [2.45, 2.75) is 26.3 Å². The van der Waals surface area contributed by atoms with Crippen LogP contribution in [0.25, 0.3) is 0 Å². The molecule has 3 heteroatoms. The van der Waals surface area contributed by atoms with Gasteiger partial charge >= 0.3 is 0 Å². The van der Waals surface area contributed by atoms with Gasteiger partial charge in [-0.25, -0.2) is 0 Å². The summed E-state index contributed by atoms with van der Waals surface area (Å²) < 4.78 is 0. The van der Waals surface area contributed by atoms with E-state index in [-0.39, 0.29) is 5.91 Å². The Balaban J connectivity index is 2.03. The lowest BCUT2D eigenvalue weighted by Crippen LogP contribution is -2.15. The van der Waals surface area contributed by atoms with Crippen LogP contribution in [0.15, 0.2) is 48.5 Å². The number of nitrogens with two attached hydrogens (primary N) is 1. The van der Waals surface area contributed by atoms with Gasteiger partial charge in [0.2, 0.25) is 5.91 Å². The van der Waals surface area contributed by atoms with E-state index in [1.165, 1.54) is 5.56 Å². The molecule has 0 fully saturated rings. The Morgan fingerprint density at radius 2 is 1.80 bits per heavy atom. The Hall–Kier alpha value is -2.29. The van der Waals surface area contributed by atoms with Gasteiger partial charge in [0.1, 0.15) is 0 Å². The molecule has 0 unspecified atom stereocenters. The molecule has 0 bridgehead atoms. The fourth-order valence-corrected chi connectivity index (χ4v) is 2.19. The van der Waals surface area contributed by atoms with Crippen LogP contribution in [0.4, 0.5) is 5.69 Å². The Kier molecular flexibility index (Phi) is 4.77. The van der Waals surface area contributed by atoms with E-state index < -0.39 is 0 Å². The summed E-state index contributed by atoms with van der Waals surface area (Å²) in [5.41, 5.74) is 9.24. The van der Waals surface area contributed by atoms with Crippen molar-refractivity contribution in [3.8, 4) is 0 Å². The third-order valence-electron chi connectivity index (χ3n) is 3.26. The molecule has 20 heavy (non-hydrogen) atoms. The normalized spacial score (nSPS) is 10.2. The predicted molar refractivity (Wildman–Crippen MR) is 82.7 cm³/mol. The fraction of sp³-hybridized carbons (Fsp3) is 0.235. The molecule has 0 saturated heterocycles. The lowest BCUT2D eigenvalue weighted by molar-refractivity contribution is 0.0999. The van der Waals surface area contributed by atoms with Crippen molar-refractivity contribution in [1.29, 1.82) is 0 Å². The molecule has 0 aliphatic heterocycles. The summed E-state index contributed by atoms with van der Waals surface area (Å²) in [7, 11) is 0. The first-order valence-corrected chi connectivity index (χ1v) is 6.91. The number of carbonyl (C=O) groups is 1. The first-order chi connectivity index (χ1) is 9.70. The van der Waals surface area contributed by atoms with Gasteiger partial charge in [-0.15, -0.1) is 0 Å². The highest BCUT2D eigenvalue weighted by atomic mass is 16.1. The van der Waals surface area contributed by atoms with Gasteiger partial charge in [0, 0.05) is 17.8 Å². The minimum Gasteiger partial charge on any atom is -0.381 e. The van der Waals surface area contributed by atoms with Crippen LogP contribution in [-0.4, -0.2) is 5.91 Å². The predicted octanol–water partition coefficient (Wildman–Crippen LogP) is 3.35. The van der Waals surface area contributed by atoms with E-state index >= 15 is 0 Å². The second-order valence-electron chi connectivity index (χ2n) is 4.82. The maximum absolute atomic E-state index is 11.3. The van der Waals surface area contributed by atoms with Gasteiger partial charge in [-0.1, -0.05) is 43.7 Å². The van der Waals surface area contributed by atoms with Gasteiger partial charge in [0.05, 0.1) is 0 Å². The molecule has 2 aromatic carbocycles. The number of nitrogens with one attached hydrogen (secondary N) is 1. The number of aryl methyl sites for hydroxylation is 1. The largest absolute Gasteiger partial charge is 0.381 e. The molecule has 0 spiro atoms. The maximum Gasteiger partial charge on any atom is 0.249 e. The first kappa shape index (κ1) is 14.1. The van der Waals surface area contributed by atoms with Crippen LogP contribution in [0, 0.1) is 0 Å². The first-order valence-electron chi connectivity index (χ1n) is 6.91. The highest BCUT2D eigenvalue weighted by Crippen LogP contribution is 2.14. The zero-order valence-corrected chi connectivity index (χ0v) is 11.7. The molecule has 0 aromatic heterocycles. The summed E-state index contributed by atoms with van der Waals surface area (Å²) >= 11 is 0. The van der Waals surface area contributed by atoms with Crippen molar-refractivity contribution in [3.05, 3.63) is 65.2 Å². The molecular formula is C17H20N2O. The Labute approximate surface area is 119 Å². The third kappa shape index (κ3) is 3.60. The average Bonchev–Trinajstić information content (AvgIpc) is 2.47. The summed E-state index contributed by atoms with van der Waals surface area (Å²) in [5, 5.41) is 3.32. The number of benzene rings is 2. The maximum atomic E-state index is 11.3. The molecule has 2 rings (SSSR count). The number of hydrogen-bond acceptors (Lipinski definition) is 2. The average molecular weight is 268 g/mol. The third-order valence-corrected chi connectivity index (χ3v) is 3.26. The van der Waals surface area contributed by atoms with Crippen molar-refractivity contribution < 1.29 is 4.79 Å². The van der Waals surface area contributed by atoms with Crippen molar-refractivity contribution in [2.75, 3.05) is 5.32 Å². The van der Waals surface area contributed by atoms with Gasteiger partial charge in [0.25, 0.3) is 0 Å². The van der Waals surface area contributed by atoms with E-state index in [4.69, 9.17) is 5.73 Å². The molecule has 3 nitrogen and oxygen atoms in total. The molecule has 2 aromatic rings. The number of amides is 1. The van der Waals surface area contributed by atoms with E-state index in [9.17, 15) is 4.79 Å². The Morgan fingerprint density at radius 3 is 2.45 bits per heavy atom. The van der Waals surface area contributed by atoms with Gasteiger partial charge in [-0.2, -0.15) is 0 Å². The van der Waals surface area contributed by atoms with Crippen LogP contribution in [0.2, 0.25) is 0 Å². The van der Waals surface area contributed by atoms with Crippen LogP contribution < -0.4 is 11.1 Å². The van der Waals surface area contributed by atoms with E-state index in [2.05, 4.69) is 36.5 Å². The van der Waals surface area contributed by atoms with Gasteiger partial charge in [0.15, 0.2) is 0 Å². The second kappa shape index (κ2) is 6.75. The van der Waals surface area contributed by atoms with Crippen LogP contribution in [-0.2, 0) is 13.0 Å².